The molecule has 3 unspecified atom stereocenters. The van der Waals surface area contributed by atoms with Crippen LogP contribution >= 0.6 is 11.3 Å². The van der Waals surface area contributed by atoms with Gasteiger partial charge in [-0.1, -0.05) is 26.0 Å². The molecule has 2 amide bonds. The molecule has 7 nitrogen and oxygen atoms in total. The predicted molar refractivity (Wildman–Crippen MR) is 135 cm³/mol. The van der Waals surface area contributed by atoms with E-state index in [2.05, 4.69) is 24.5 Å². The van der Waals surface area contributed by atoms with Crippen LogP contribution in [0.3, 0.4) is 0 Å². The minimum Gasteiger partial charge on any atom is -0.481 e. The Balaban J connectivity index is 1.52. The minimum absolute atomic E-state index is 0.0362. The third kappa shape index (κ3) is 5.63. The van der Waals surface area contributed by atoms with E-state index < -0.39 is 22.0 Å². The van der Waals surface area contributed by atoms with Crippen LogP contribution in [0.1, 0.15) is 60.0 Å². The summed E-state index contributed by atoms with van der Waals surface area (Å²) in [7, 11) is -3.11. The molecule has 9 heteroatoms. The fourth-order valence-electron chi connectivity index (χ4n) is 4.52. The van der Waals surface area contributed by atoms with Crippen molar-refractivity contribution in [2.24, 2.45) is 5.92 Å². The lowest BCUT2D eigenvalue weighted by Gasteiger charge is -2.19. The van der Waals surface area contributed by atoms with Gasteiger partial charge in [0, 0.05) is 10.9 Å². The summed E-state index contributed by atoms with van der Waals surface area (Å²) < 4.78 is 29.5. The number of amides is 2. The van der Waals surface area contributed by atoms with Gasteiger partial charge in [-0.2, -0.15) is 0 Å². The van der Waals surface area contributed by atoms with Gasteiger partial charge in [-0.15, -0.1) is 11.3 Å². The smallest absolute Gasteiger partial charge is 0.265 e. The highest BCUT2D eigenvalue weighted by Gasteiger charge is 2.33. The SMILES string of the molecule is CCc1ccc(OC(C)C(=O)Nc2sc3c(c2C(=O)NC2CCS(=O)(=O)C2)CCC(C)C3)cc1. The van der Waals surface area contributed by atoms with Gasteiger partial charge in [0.1, 0.15) is 10.8 Å². The Hall–Kier alpha value is -2.39. The van der Waals surface area contributed by atoms with Crippen molar-refractivity contribution in [2.75, 3.05) is 16.8 Å². The molecular formula is C25H32N2O5S2. The third-order valence-corrected chi connectivity index (χ3v) is 9.49. The Morgan fingerprint density at radius 2 is 1.94 bits per heavy atom. The van der Waals surface area contributed by atoms with Gasteiger partial charge in [0.2, 0.25) is 0 Å². The van der Waals surface area contributed by atoms with E-state index in [-0.39, 0.29) is 23.3 Å². The molecule has 2 heterocycles. The maximum atomic E-state index is 13.3. The van der Waals surface area contributed by atoms with Gasteiger partial charge in [-0.05, 0) is 68.2 Å². The highest BCUT2D eigenvalue weighted by atomic mass is 32.2. The average molecular weight is 505 g/mol. The van der Waals surface area contributed by atoms with Crippen molar-refractivity contribution in [3.05, 3.63) is 45.8 Å². The van der Waals surface area contributed by atoms with Crippen LogP contribution in [0.2, 0.25) is 0 Å². The number of thiophene rings is 1. The van der Waals surface area contributed by atoms with Gasteiger partial charge in [0.25, 0.3) is 11.8 Å². The van der Waals surface area contributed by atoms with E-state index in [0.717, 1.165) is 36.1 Å². The van der Waals surface area contributed by atoms with Crippen LogP contribution in [-0.2, 0) is 33.9 Å². The Bertz CT molecular complexity index is 1170. The number of benzene rings is 1. The number of nitrogens with one attached hydrogen (secondary N) is 2. The maximum absolute atomic E-state index is 13.3. The number of hydrogen-bond acceptors (Lipinski definition) is 6. The van der Waals surface area contributed by atoms with Crippen molar-refractivity contribution in [1.82, 2.24) is 5.32 Å². The van der Waals surface area contributed by atoms with Crippen LogP contribution in [0.4, 0.5) is 5.00 Å². The fourth-order valence-corrected chi connectivity index (χ4v) is 7.60. The lowest BCUT2D eigenvalue weighted by Crippen LogP contribution is -2.37. The summed E-state index contributed by atoms with van der Waals surface area (Å²) >= 11 is 1.44. The summed E-state index contributed by atoms with van der Waals surface area (Å²) in [5, 5.41) is 6.33. The third-order valence-electron chi connectivity index (χ3n) is 6.56. The standard InChI is InChI=1S/C25H32N2O5S2/c1-4-17-6-8-19(9-7-17)32-16(3)23(28)27-25-22(20-10-5-15(2)13-21(20)33-25)24(29)26-18-11-12-34(30,31)14-18/h6-9,15-16,18H,4-5,10-14H2,1-3H3,(H,26,29)(H,27,28). The average Bonchev–Trinajstić information content (AvgIpc) is 3.32. The zero-order chi connectivity index (χ0) is 24.5. The molecule has 1 aliphatic carbocycles. The van der Waals surface area contributed by atoms with Crippen molar-refractivity contribution in [3.63, 3.8) is 0 Å². The number of fused-ring (bicyclic) bond motifs is 1. The van der Waals surface area contributed by atoms with E-state index in [0.29, 0.717) is 28.7 Å². The van der Waals surface area contributed by atoms with E-state index >= 15 is 0 Å². The minimum atomic E-state index is -3.11. The van der Waals surface area contributed by atoms with Crippen LogP contribution in [0, 0.1) is 5.92 Å². The van der Waals surface area contributed by atoms with Gasteiger partial charge < -0.3 is 15.4 Å². The first-order chi connectivity index (χ1) is 16.1. The summed E-state index contributed by atoms with van der Waals surface area (Å²) in [5.74, 6) is 0.538. The largest absolute Gasteiger partial charge is 0.481 e. The molecule has 0 saturated carbocycles. The number of hydrogen-bond donors (Lipinski definition) is 2. The van der Waals surface area contributed by atoms with Crippen LogP contribution in [0.25, 0.3) is 0 Å². The molecule has 1 aliphatic heterocycles. The van der Waals surface area contributed by atoms with E-state index in [4.69, 9.17) is 4.74 Å². The molecule has 1 aromatic heterocycles. The summed E-state index contributed by atoms with van der Waals surface area (Å²) in [5.41, 5.74) is 2.64. The molecule has 4 rings (SSSR count). The van der Waals surface area contributed by atoms with E-state index in [9.17, 15) is 18.0 Å². The number of rotatable bonds is 7. The number of anilines is 1. The number of carbonyl (C=O) groups excluding carboxylic acids is 2. The van der Waals surface area contributed by atoms with Crippen LogP contribution in [-0.4, -0.2) is 43.9 Å². The van der Waals surface area contributed by atoms with Crippen molar-refractivity contribution in [1.29, 1.82) is 0 Å². The van der Waals surface area contributed by atoms with Crippen molar-refractivity contribution >= 4 is 38.0 Å². The fraction of sp³-hybridized carbons (Fsp3) is 0.520. The summed E-state index contributed by atoms with van der Waals surface area (Å²) in [4.78, 5) is 27.4. The quantitative estimate of drug-likeness (QED) is 0.598. The molecule has 0 spiro atoms. The second kappa shape index (κ2) is 10.1. The van der Waals surface area contributed by atoms with Crippen LogP contribution in [0.5, 0.6) is 5.75 Å². The van der Waals surface area contributed by atoms with Crippen LogP contribution in [0.15, 0.2) is 24.3 Å². The zero-order valence-corrected chi connectivity index (χ0v) is 21.5. The molecule has 3 atom stereocenters. The highest BCUT2D eigenvalue weighted by Crippen LogP contribution is 2.40. The van der Waals surface area contributed by atoms with Crippen LogP contribution < -0.4 is 15.4 Å². The molecule has 34 heavy (non-hydrogen) atoms. The number of sulfone groups is 1. The molecule has 0 bridgehead atoms. The van der Waals surface area contributed by atoms with Gasteiger partial charge >= 0.3 is 0 Å². The van der Waals surface area contributed by atoms with E-state index in [1.165, 1.54) is 16.9 Å². The zero-order valence-electron chi connectivity index (χ0n) is 19.8. The van der Waals surface area contributed by atoms with E-state index in [1.54, 1.807) is 6.92 Å². The Labute approximate surface area is 205 Å². The molecule has 0 radical (unpaired) electrons. The number of ether oxygens (including phenoxy) is 1. The first kappa shape index (κ1) is 24.7. The van der Waals surface area contributed by atoms with Gasteiger partial charge in [-0.25, -0.2) is 8.42 Å². The lowest BCUT2D eigenvalue weighted by atomic mass is 9.88. The summed E-state index contributed by atoms with van der Waals surface area (Å²) in [6.07, 6.45) is 3.20. The van der Waals surface area contributed by atoms with Crippen molar-refractivity contribution < 1.29 is 22.7 Å². The van der Waals surface area contributed by atoms with Gasteiger partial charge in [0.15, 0.2) is 15.9 Å². The first-order valence-corrected chi connectivity index (χ1v) is 14.5. The van der Waals surface area contributed by atoms with Crippen molar-refractivity contribution in [3.8, 4) is 5.75 Å². The summed E-state index contributed by atoms with van der Waals surface area (Å²) in [6.45, 7) is 5.94. The van der Waals surface area contributed by atoms with Gasteiger partial charge in [0.05, 0.1) is 17.1 Å². The predicted octanol–water partition coefficient (Wildman–Crippen LogP) is 3.76. The summed E-state index contributed by atoms with van der Waals surface area (Å²) in [6, 6.07) is 7.25. The highest BCUT2D eigenvalue weighted by molar-refractivity contribution is 7.91. The topological polar surface area (TPSA) is 102 Å². The molecule has 184 valence electrons. The Morgan fingerprint density at radius 1 is 1.21 bits per heavy atom. The Kier molecular flexibility index (Phi) is 7.33. The maximum Gasteiger partial charge on any atom is 0.265 e. The number of aryl methyl sites for hydroxylation is 1. The molecule has 2 N–H and O–H groups in total. The molecule has 1 fully saturated rings. The normalized spacial score (nSPS) is 22.0. The Morgan fingerprint density at radius 3 is 2.59 bits per heavy atom. The molecule has 1 saturated heterocycles. The monoisotopic (exact) mass is 504 g/mol. The molecule has 2 aliphatic rings. The van der Waals surface area contributed by atoms with E-state index in [1.807, 2.05) is 24.3 Å². The second-order valence-electron chi connectivity index (χ2n) is 9.38. The molecular weight excluding hydrogens is 472 g/mol. The molecule has 1 aromatic carbocycles. The lowest BCUT2D eigenvalue weighted by molar-refractivity contribution is -0.122. The van der Waals surface area contributed by atoms with Crippen molar-refractivity contribution in [2.45, 2.75) is 65.0 Å². The first-order valence-electron chi connectivity index (χ1n) is 11.9. The van der Waals surface area contributed by atoms with Gasteiger partial charge in [-0.3, -0.25) is 9.59 Å². The molecule has 2 aromatic rings. The second-order valence-corrected chi connectivity index (χ2v) is 12.7. The number of carbonyl (C=O) groups is 2.